The number of alkyl halides is 12. The first-order valence-corrected chi connectivity index (χ1v) is 16.4. The number of hydrogen-bond donors (Lipinski definition) is 0. The van der Waals surface area contributed by atoms with Gasteiger partial charge in [0.1, 0.15) is 11.6 Å². The zero-order valence-corrected chi connectivity index (χ0v) is 26.4. The van der Waals surface area contributed by atoms with Crippen LogP contribution in [-0.4, -0.2) is 16.8 Å². The molecule has 4 aromatic carbocycles. The highest BCUT2D eigenvalue weighted by atomic mass is 32.2. The maximum absolute atomic E-state index is 13.3. The van der Waals surface area contributed by atoms with Gasteiger partial charge >= 0.3 is 24.7 Å². The van der Waals surface area contributed by atoms with Gasteiger partial charge in [-0.1, -0.05) is 6.58 Å². The minimum atomic E-state index is -4.98. The predicted molar refractivity (Wildman–Crippen MR) is 153 cm³/mol. The Kier molecular flexibility index (Phi) is 11.5. The summed E-state index contributed by atoms with van der Waals surface area (Å²) in [6.45, 7) is 3.08. The Morgan fingerprint density at radius 1 is 0.510 bits per heavy atom. The molecule has 0 fully saturated rings. The Balaban J connectivity index is 0.000000276. The number of hydrogen-bond acceptors (Lipinski definition) is 4. The molecular weight excluding hydrogens is 766 g/mol. The Bertz CT molecular complexity index is 2110. The van der Waals surface area contributed by atoms with Crippen molar-refractivity contribution in [1.29, 1.82) is 0 Å². The van der Waals surface area contributed by atoms with Crippen LogP contribution in [0.5, 0.6) is 0 Å². The van der Waals surface area contributed by atoms with Crippen molar-refractivity contribution in [2.75, 3.05) is 0 Å². The number of benzene rings is 4. The lowest BCUT2D eigenvalue weighted by molar-refractivity contribution is -0.138. The first-order chi connectivity index (χ1) is 23.0. The largest absolute Gasteiger partial charge is 0.417 e. The van der Waals surface area contributed by atoms with E-state index < -0.39 is 110 Å². The van der Waals surface area contributed by atoms with E-state index in [1.807, 2.05) is 0 Å². The first-order valence-electron chi connectivity index (χ1n) is 13.3. The summed E-state index contributed by atoms with van der Waals surface area (Å²) in [4.78, 5) is -2.38. The smallest absolute Gasteiger partial charge is 0.223 e. The minimum Gasteiger partial charge on any atom is -0.223 e. The fraction of sp³-hybridized carbons (Fsp3) is 0.161. The van der Waals surface area contributed by atoms with E-state index in [4.69, 9.17) is 0 Å². The average Bonchev–Trinajstić information content (AvgIpc) is 2.99. The molecular formula is C31H18F14O4S2. The second kappa shape index (κ2) is 14.3. The van der Waals surface area contributed by atoms with E-state index in [2.05, 4.69) is 6.58 Å². The summed E-state index contributed by atoms with van der Waals surface area (Å²) in [5.74, 6) is -3.40. The van der Waals surface area contributed by atoms with Crippen LogP contribution < -0.4 is 0 Å². The molecule has 0 aliphatic heterocycles. The maximum Gasteiger partial charge on any atom is 0.417 e. The van der Waals surface area contributed by atoms with Crippen molar-refractivity contribution in [2.45, 2.75) is 40.2 Å². The molecule has 0 spiro atoms. The van der Waals surface area contributed by atoms with E-state index >= 15 is 0 Å². The van der Waals surface area contributed by atoms with Gasteiger partial charge in [-0.15, -0.1) is 0 Å². The van der Waals surface area contributed by atoms with Crippen molar-refractivity contribution in [2.24, 2.45) is 0 Å². The molecule has 0 aliphatic rings. The van der Waals surface area contributed by atoms with Gasteiger partial charge in [0.25, 0.3) is 0 Å². The molecule has 0 bridgehead atoms. The molecule has 0 atom stereocenters. The van der Waals surface area contributed by atoms with Crippen molar-refractivity contribution < 1.29 is 78.3 Å². The molecule has 4 aromatic rings. The van der Waals surface area contributed by atoms with Gasteiger partial charge in [-0.25, -0.2) is 25.6 Å². The fourth-order valence-electron chi connectivity index (χ4n) is 4.20. The molecule has 0 unspecified atom stereocenters. The third-order valence-electron chi connectivity index (χ3n) is 6.66. The van der Waals surface area contributed by atoms with E-state index in [0.717, 1.165) is 0 Å². The Hall–Kier alpha value is -4.46. The van der Waals surface area contributed by atoms with Gasteiger partial charge in [0.15, 0.2) is 9.84 Å². The molecule has 0 aromatic heterocycles. The Morgan fingerprint density at radius 2 is 0.902 bits per heavy atom. The van der Waals surface area contributed by atoms with Crippen LogP contribution >= 0.6 is 0 Å². The summed E-state index contributed by atoms with van der Waals surface area (Å²) in [6, 6.07) is 7.02. The number of sulfone groups is 2. The second-order valence-corrected chi connectivity index (χ2v) is 14.2. The topological polar surface area (TPSA) is 68.3 Å². The zero-order chi connectivity index (χ0) is 39.0. The normalized spacial score (nSPS) is 13.0. The predicted octanol–water partition coefficient (Wildman–Crippen LogP) is 10.1. The molecule has 0 saturated carbocycles. The van der Waals surface area contributed by atoms with Crippen LogP contribution in [0, 0.1) is 11.6 Å². The SMILES string of the molecule is C=C(c1cc(F)ccc1C(F)(F)F)S(=O)(=O)c1ccc(C(F)(F)F)cc1.O=S(=O)(Cc1cc(F)ccc1C(F)(F)F)c1ccc(C(F)(F)F)cc1. The second-order valence-electron chi connectivity index (χ2n) is 10.2. The molecule has 51 heavy (non-hydrogen) atoms. The monoisotopic (exact) mass is 784 g/mol. The summed E-state index contributed by atoms with van der Waals surface area (Å²) >= 11 is 0. The van der Waals surface area contributed by atoms with Crippen LogP contribution in [0.1, 0.15) is 33.4 Å². The van der Waals surface area contributed by atoms with E-state index in [1.54, 1.807) is 0 Å². The van der Waals surface area contributed by atoms with Gasteiger partial charge < -0.3 is 0 Å². The number of halogens is 14. The van der Waals surface area contributed by atoms with Crippen molar-refractivity contribution >= 4 is 24.6 Å². The Morgan fingerprint density at radius 3 is 1.31 bits per heavy atom. The third kappa shape index (κ3) is 10.1. The van der Waals surface area contributed by atoms with E-state index in [0.29, 0.717) is 84.9 Å². The van der Waals surface area contributed by atoms with Crippen LogP contribution in [0.4, 0.5) is 61.5 Å². The molecule has 20 heteroatoms. The van der Waals surface area contributed by atoms with Crippen LogP contribution in [0.3, 0.4) is 0 Å². The van der Waals surface area contributed by atoms with E-state index in [-0.39, 0.29) is 0 Å². The molecule has 0 heterocycles. The van der Waals surface area contributed by atoms with Crippen LogP contribution in [0.15, 0.2) is 101 Å². The highest BCUT2D eigenvalue weighted by Gasteiger charge is 2.38. The zero-order valence-electron chi connectivity index (χ0n) is 24.7. The van der Waals surface area contributed by atoms with Gasteiger partial charge in [-0.3, -0.25) is 0 Å². The standard InChI is InChI=1S/C16H9F7O2S.C15H9F7O2S/c1-9(13-8-11(17)4-7-14(13)16(21,22)23)26(24,25)12-5-2-10(3-6-12)15(18,19)20;16-11-3-6-13(15(20,21)22)9(7-11)8-25(23,24)12-4-1-10(2-5-12)14(17,18)19/h2-8H,1H2;1-7H,8H2. The van der Waals surface area contributed by atoms with Gasteiger partial charge in [0.05, 0.1) is 42.7 Å². The third-order valence-corrected chi connectivity index (χ3v) is 10.1. The Labute approximate surface area is 279 Å². The van der Waals surface area contributed by atoms with Gasteiger partial charge in [0, 0.05) is 5.56 Å². The lowest BCUT2D eigenvalue weighted by atomic mass is 10.1. The lowest BCUT2D eigenvalue weighted by Gasteiger charge is -2.15. The van der Waals surface area contributed by atoms with Crippen molar-refractivity contribution in [1.82, 2.24) is 0 Å². The molecule has 4 nitrogen and oxygen atoms in total. The number of rotatable bonds is 6. The summed E-state index contributed by atoms with van der Waals surface area (Å²) in [5, 5.41) is 0. The summed E-state index contributed by atoms with van der Waals surface area (Å²) in [6.07, 6.45) is -19.3. The molecule has 276 valence electrons. The fourth-order valence-corrected chi connectivity index (χ4v) is 6.81. The molecule has 0 radical (unpaired) electrons. The minimum absolute atomic E-state index is 0.354. The quantitative estimate of drug-likeness (QED) is 0.183. The lowest BCUT2D eigenvalue weighted by Crippen LogP contribution is -2.14. The van der Waals surface area contributed by atoms with Crippen molar-refractivity contribution in [3.05, 3.63) is 137 Å². The maximum atomic E-state index is 13.3. The molecule has 0 aliphatic carbocycles. The van der Waals surface area contributed by atoms with Crippen LogP contribution in [0.2, 0.25) is 0 Å². The van der Waals surface area contributed by atoms with Crippen molar-refractivity contribution in [3.63, 3.8) is 0 Å². The molecule has 0 saturated heterocycles. The van der Waals surface area contributed by atoms with Crippen molar-refractivity contribution in [3.8, 4) is 0 Å². The van der Waals surface area contributed by atoms with Gasteiger partial charge in [-0.2, -0.15) is 52.7 Å². The van der Waals surface area contributed by atoms with E-state index in [1.165, 1.54) is 0 Å². The molecule has 4 rings (SSSR count). The average molecular weight is 785 g/mol. The highest BCUT2D eigenvalue weighted by molar-refractivity contribution is 8.00. The van der Waals surface area contributed by atoms with E-state index in [9.17, 15) is 78.3 Å². The van der Waals surface area contributed by atoms with Gasteiger partial charge in [-0.05, 0) is 90.5 Å². The first kappa shape index (κ1) is 41.0. The summed E-state index contributed by atoms with van der Waals surface area (Å²) < 4.78 is 229. The van der Waals surface area contributed by atoms with Gasteiger partial charge in [0.2, 0.25) is 9.84 Å². The van der Waals surface area contributed by atoms with Crippen LogP contribution in [-0.2, 0) is 50.1 Å². The summed E-state index contributed by atoms with van der Waals surface area (Å²) in [5.41, 5.74) is -6.84. The highest BCUT2D eigenvalue weighted by Crippen LogP contribution is 2.39. The molecule has 0 N–H and O–H groups in total. The summed E-state index contributed by atoms with van der Waals surface area (Å²) in [7, 11) is -9.09. The van der Waals surface area contributed by atoms with Crippen LogP contribution in [0.25, 0.3) is 4.91 Å². The molecule has 0 amide bonds.